The maximum absolute atomic E-state index is 12.4. The smallest absolute Gasteiger partial charge is 0.0994 e. The SMILES string of the molecule is N#Cc1ccc(Br)cc1CC(CCCF)=C1CNC1. The highest BCUT2D eigenvalue weighted by atomic mass is 79.9. The predicted octanol–water partition coefficient (Wildman–Crippen LogP) is 3.51. The average molecular weight is 323 g/mol. The number of hydrogen-bond acceptors (Lipinski definition) is 2. The predicted molar refractivity (Wildman–Crippen MR) is 77.7 cm³/mol. The summed E-state index contributed by atoms with van der Waals surface area (Å²) in [5, 5.41) is 12.4. The van der Waals surface area contributed by atoms with E-state index in [9.17, 15) is 4.39 Å². The number of allylic oxidation sites excluding steroid dienone is 1. The topological polar surface area (TPSA) is 35.8 Å². The van der Waals surface area contributed by atoms with Gasteiger partial charge in [0.1, 0.15) is 0 Å². The van der Waals surface area contributed by atoms with Gasteiger partial charge in [0.05, 0.1) is 18.3 Å². The molecule has 19 heavy (non-hydrogen) atoms. The number of nitrogens with one attached hydrogen (secondary N) is 1. The van der Waals surface area contributed by atoms with Gasteiger partial charge >= 0.3 is 0 Å². The van der Waals surface area contributed by atoms with Gasteiger partial charge in [-0.05, 0) is 48.6 Å². The first-order chi connectivity index (χ1) is 9.24. The first-order valence-corrected chi connectivity index (χ1v) is 7.19. The van der Waals surface area contributed by atoms with Crippen LogP contribution in [-0.4, -0.2) is 19.8 Å². The standard InChI is InChI=1S/C15H16BrFN2/c16-15-4-3-12(8-18)13(7-15)6-11(2-1-5-17)14-9-19-10-14/h3-4,7,19H,1-2,5-6,9-10H2. The van der Waals surface area contributed by atoms with Gasteiger partial charge in [0.15, 0.2) is 0 Å². The van der Waals surface area contributed by atoms with Crippen LogP contribution in [0.3, 0.4) is 0 Å². The zero-order valence-corrected chi connectivity index (χ0v) is 12.3. The highest BCUT2D eigenvalue weighted by molar-refractivity contribution is 9.10. The van der Waals surface area contributed by atoms with Crippen molar-refractivity contribution in [2.75, 3.05) is 19.8 Å². The maximum atomic E-state index is 12.4. The molecular weight excluding hydrogens is 307 g/mol. The van der Waals surface area contributed by atoms with Crippen LogP contribution in [0, 0.1) is 11.3 Å². The monoisotopic (exact) mass is 322 g/mol. The largest absolute Gasteiger partial charge is 0.309 e. The highest BCUT2D eigenvalue weighted by Crippen LogP contribution is 2.24. The zero-order chi connectivity index (χ0) is 13.7. The molecular formula is C15H16BrFN2. The van der Waals surface area contributed by atoms with E-state index in [4.69, 9.17) is 5.26 Å². The van der Waals surface area contributed by atoms with Crippen LogP contribution in [0.5, 0.6) is 0 Å². The Bertz CT molecular complexity index is 525. The van der Waals surface area contributed by atoms with Gasteiger partial charge in [0.2, 0.25) is 0 Å². The molecule has 0 aromatic heterocycles. The Hall–Kier alpha value is -1.18. The van der Waals surface area contributed by atoms with Crippen molar-refractivity contribution in [3.63, 3.8) is 0 Å². The van der Waals surface area contributed by atoms with Crippen LogP contribution in [0.25, 0.3) is 0 Å². The molecule has 0 unspecified atom stereocenters. The molecule has 1 heterocycles. The molecule has 1 fully saturated rings. The lowest BCUT2D eigenvalue weighted by Gasteiger charge is -2.24. The molecule has 1 aromatic rings. The number of nitriles is 1. The molecule has 0 radical (unpaired) electrons. The van der Waals surface area contributed by atoms with E-state index in [1.54, 1.807) is 0 Å². The van der Waals surface area contributed by atoms with Crippen molar-refractivity contribution in [1.29, 1.82) is 5.26 Å². The van der Waals surface area contributed by atoms with E-state index < -0.39 is 0 Å². The molecule has 0 atom stereocenters. The van der Waals surface area contributed by atoms with Gasteiger partial charge in [-0.3, -0.25) is 4.39 Å². The summed E-state index contributed by atoms with van der Waals surface area (Å²) in [5.74, 6) is 0. The van der Waals surface area contributed by atoms with E-state index in [2.05, 4.69) is 27.3 Å². The third kappa shape index (κ3) is 3.65. The van der Waals surface area contributed by atoms with Crippen molar-refractivity contribution < 1.29 is 4.39 Å². The molecule has 1 saturated heterocycles. The fourth-order valence-electron chi connectivity index (χ4n) is 2.22. The minimum atomic E-state index is -0.284. The van der Waals surface area contributed by atoms with Gasteiger partial charge < -0.3 is 5.32 Å². The summed E-state index contributed by atoms with van der Waals surface area (Å²) in [6.45, 7) is 1.52. The number of halogens is 2. The van der Waals surface area contributed by atoms with E-state index >= 15 is 0 Å². The summed E-state index contributed by atoms with van der Waals surface area (Å²) in [4.78, 5) is 0. The first-order valence-electron chi connectivity index (χ1n) is 6.39. The van der Waals surface area contributed by atoms with E-state index in [-0.39, 0.29) is 6.67 Å². The Kier molecular flexibility index (Phi) is 5.12. The van der Waals surface area contributed by atoms with E-state index in [0.29, 0.717) is 12.0 Å². The molecule has 100 valence electrons. The number of nitrogens with zero attached hydrogens (tertiary/aromatic N) is 1. The molecule has 0 saturated carbocycles. The Balaban J connectivity index is 2.22. The van der Waals surface area contributed by atoms with Crippen LogP contribution in [0.2, 0.25) is 0 Å². The molecule has 1 aliphatic rings. The van der Waals surface area contributed by atoms with Crippen molar-refractivity contribution in [3.05, 3.63) is 44.9 Å². The summed E-state index contributed by atoms with van der Waals surface area (Å²) in [6, 6.07) is 7.92. The second kappa shape index (κ2) is 6.83. The van der Waals surface area contributed by atoms with Crippen molar-refractivity contribution >= 4 is 15.9 Å². The quantitative estimate of drug-likeness (QED) is 0.842. The Labute approximate surface area is 121 Å². The van der Waals surface area contributed by atoms with Crippen LogP contribution in [0.4, 0.5) is 4.39 Å². The number of rotatable bonds is 5. The first kappa shape index (κ1) is 14.2. The number of hydrogen-bond donors (Lipinski definition) is 1. The molecule has 0 aliphatic carbocycles. The van der Waals surface area contributed by atoms with Gasteiger partial charge in [0.25, 0.3) is 0 Å². The molecule has 4 heteroatoms. The van der Waals surface area contributed by atoms with Crippen LogP contribution in [0.1, 0.15) is 24.0 Å². The van der Waals surface area contributed by atoms with Crippen LogP contribution in [0.15, 0.2) is 33.8 Å². The second-order valence-electron chi connectivity index (χ2n) is 4.69. The Morgan fingerprint density at radius 1 is 1.42 bits per heavy atom. The van der Waals surface area contributed by atoms with Crippen molar-refractivity contribution in [2.24, 2.45) is 0 Å². The fourth-order valence-corrected chi connectivity index (χ4v) is 2.63. The minimum absolute atomic E-state index is 0.284. The molecule has 1 N–H and O–H groups in total. The lowest BCUT2D eigenvalue weighted by molar-refractivity contribution is 0.469. The van der Waals surface area contributed by atoms with Gasteiger partial charge in [-0.1, -0.05) is 21.5 Å². The summed E-state index contributed by atoms with van der Waals surface area (Å²) in [6.07, 6.45) is 2.10. The summed E-state index contributed by atoms with van der Waals surface area (Å²) >= 11 is 3.44. The lowest BCUT2D eigenvalue weighted by atomic mass is 9.91. The molecule has 1 aliphatic heterocycles. The van der Waals surface area contributed by atoms with E-state index in [1.165, 1.54) is 11.1 Å². The third-order valence-electron chi connectivity index (χ3n) is 3.38. The van der Waals surface area contributed by atoms with Gasteiger partial charge in [-0.25, -0.2) is 0 Å². The fraction of sp³-hybridized carbons (Fsp3) is 0.400. The molecule has 0 spiro atoms. The molecule has 2 nitrogen and oxygen atoms in total. The summed E-state index contributed by atoms with van der Waals surface area (Å²) in [7, 11) is 0. The summed E-state index contributed by atoms with van der Waals surface area (Å²) in [5.41, 5.74) is 4.38. The zero-order valence-electron chi connectivity index (χ0n) is 10.7. The minimum Gasteiger partial charge on any atom is -0.309 e. The number of alkyl halides is 1. The normalized spacial score (nSPS) is 13.8. The van der Waals surface area contributed by atoms with E-state index in [0.717, 1.165) is 36.0 Å². The third-order valence-corrected chi connectivity index (χ3v) is 3.87. The molecule has 1 aromatic carbocycles. The van der Waals surface area contributed by atoms with Gasteiger partial charge in [-0.2, -0.15) is 5.26 Å². The van der Waals surface area contributed by atoms with E-state index in [1.807, 2.05) is 18.2 Å². The second-order valence-corrected chi connectivity index (χ2v) is 5.61. The van der Waals surface area contributed by atoms with Crippen LogP contribution >= 0.6 is 15.9 Å². The van der Waals surface area contributed by atoms with Gasteiger partial charge in [0, 0.05) is 17.6 Å². The Morgan fingerprint density at radius 2 is 2.21 bits per heavy atom. The average Bonchev–Trinajstić information content (AvgIpc) is 2.34. The molecule has 2 rings (SSSR count). The van der Waals surface area contributed by atoms with Gasteiger partial charge in [-0.15, -0.1) is 0 Å². The lowest BCUT2D eigenvalue weighted by Crippen LogP contribution is -2.35. The van der Waals surface area contributed by atoms with Crippen molar-refractivity contribution in [2.45, 2.75) is 19.3 Å². The van der Waals surface area contributed by atoms with Crippen molar-refractivity contribution in [3.8, 4) is 6.07 Å². The summed E-state index contributed by atoms with van der Waals surface area (Å²) < 4.78 is 13.4. The van der Waals surface area contributed by atoms with Crippen LogP contribution in [-0.2, 0) is 6.42 Å². The molecule has 0 amide bonds. The highest BCUT2D eigenvalue weighted by Gasteiger charge is 2.15. The number of benzene rings is 1. The van der Waals surface area contributed by atoms with Crippen molar-refractivity contribution in [1.82, 2.24) is 5.32 Å². The Morgan fingerprint density at radius 3 is 2.79 bits per heavy atom. The maximum Gasteiger partial charge on any atom is 0.0994 e. The van der Waals surface area contributed by atoms with Crippen LogP contribution < -0.4 is 5.32 Å². The molecule has 0 bridgehead atoms.